The monoisotopic (exact) mass is 345 g/mol. The molecule has 0 bridgehead atoms. The van der Waals surface area contributed by atoms with Gasteiger partial charge in [0.2, 0.25) is 0 Å². The van der Waals surface area contributed by atoms with Crippen LogP contribution in [0.1, 0.15) is 37.8 Å². The molecule has 4 rings (SSSR count). The first-order valence-corrected chi connectivity index (χ1v) is 9.35. The fraction of sp³-hybridized carbons (Fsp3) is 0.261. The van der Waals surface area contributed by atoms with E-state index in [4.69, 9.17) is 16.6 Å². The number of aromatic nitrogens is 1. The number of fused-ring (bicyclic) bond motifs is 1. The largest absolute Gasteiger partial charge is 0.239 e. The van der Waals surface area contributed by atoms with E-state index in [1.807, 2.05) is 24.3 Å². The van der Waals surface area contributed by atoms with Gasteiger partial charge in [0.05, 0.1) is 5.69 Å². The lowest BCUT2D eigenvalue weighted by Crippen LogP contribution is -2.03. The van der Waals surface area contributed by atoms with Crippen LogP contribution in [0.3, 0.4) is 0 Å². The molecule has 2 aromatic carbocycles. The number of nitrogens with zero attached hydrogens (tertiary/aromatic N) is 1. The van der Waals surface area contributed by atoms with Gasteiger partial charge in [-0.25, -0.2) is 4.98 Å². The summed E-state index contributed by atoms with van der Waals surface area (Å²) in [4.78, 5) is 4.87. The number of rotatable bonds is 1. The summed E-state index contributed by atoms with van der Waals surface area (Å²) < 4.78 is 0. The van der Waals surface area contributed by atoms with E-state index in [1.165, 1.54) is 37.5 Å². The summed E-state index contributed by atoms with van der Waals surface area (Å²) in [5, 5.41) is 3.04. The topological polar surface area (TPSA) is 12.9 Å². The molecule has 2 heteroatoms. The highest BCUT2D eigenvalue weighted by Crippen LogP contribution is 2.26. The maximum atomic E-state index is 6.02. The summed E-state index contributed by atoms with van der Waals surface area (Å²) >= 11 is 6.02. The minimum absolute atomic E-state index is 0.522. The molecule has 0 saturated heterocycles. The highest BCUT2D eigenvalue weighted by Gasteiger charge is 2.11. The molecule has 0 unspecified atom stereocenters. The summed E-state index contributed by atoms with van der Waals surface area (Å²) in [5.74, 6) is 7.40. The summed E-state index contributed by atoms with van der Waals surface area (Å²) in [7, 11) is 0. The third-order valence-electron chi connectivity index (χ3n) is 4.88. The van der Waals surface area contributed by atoms with E-state index in [0.29, 0.717) is 5.92 Å². The molecule has 1 aliphatic carbocycles. The molecule has 0 amide bonds. The van der Waals surface area contributed by atoms with Gasteiger partial charge in [-0.3, -0.25) is 0 Å². The Labute approximate surface area is 154 Å². The third kappa shape index (κ3) is 3.70. The third-order valence-corrected chi connectivity index (χ3v) is 5.13. The molecule has 0 N–H and O–H groups in total. The second-order valence-corrected chi connectivity index (χ2v) is 7.12. The molecule has 25 heavy (non-hydrogen) atoms. The molecule has 0 radical (unpaired) electrons. The molecule has 1 heterocycles. The van der Waals surface area contributed by atoms with Crippen molar-refractivity contribution in [1.29, 1.82) is 0 Å². The standard InChI is InChI=1S/C23H20ClN/c24-20-13-11-18(12-14-20)23-16-19-8-4-5-9-21(19)22(25-23)15-10-17-6-2-1-3-7-17/h4-5,8-9,11-14,16-17H,1-3,6-7H2. The van der Waals surface area contributed by atoms with Crippen molar-refractivity contribution in [2.45, 2.75) is 32.1 Å². The molecule has 1 fully saturated rings. The van der Waals surface area contributed by atoms with Gasteiger partial charge in [0, 0.05) is 21.9 Å². The van der Waals surface area contributed by atoms with Crippen LogP contribution in [0, 0.1) is 17.8 Å². The number of halogens is 1. The molecule has 1 aliphatic rings. The van der Waals surface area contributed by atoms with Crippen molar-refractivity contribution in [3.05, 3.63) is 65.3 Å². The van der Waals surface area contributed by atoms with E-state index in [0.717, 1.165) is 27.4 Å². The Hall–Kier alpha value is -2.30. The number of hydrogen-bond acceptors (Lipinski definition) is 1. The van der Waals surface area contributed by atoms with Gasteiger partial charge in [-0.05, 0) is 42.3 Å². The molecule has 0 spiro atoms. The zero-order valence-electron chi connectivity index (χ0n) is 14.1. The lowest BCUT2D eigenvalue weighted by Gasteiger charge is -2.15. The molecule has 0 atom stereocenters. The second-order valence-electron chi connectivity index (χ2n) is 6.69. The molecule has 124 valence electrons. The molecular weight excluding hydrogens is 326 g/mol. The summed E-state index contributed by atoms with van der Waals surface area (Å²) in [6.07, 6.45) is 6.41. The van der Waals surface area contributed by atoms with Gasteiger partial charge >= 0.3 is 0 Å². The van der Waals surface area contributed by atoms with Crippen molar-refractivity contribution < 1.29 is 0 Å². The van der Waals surface area contributed by atoms with Crippen molar-refractivity contribution in [3.63, 3.8) is 0 Å². The maximum absolute atomic E-state index is 6.02. The molecule has 1 nitrogen and oxygen atoms in total. The van der Waals surface area contributed by atoms with E-state index >= 15 is 0 Å². The Balaban J connectivity index is 1.78. The van der Waals surface area contributed by atoms with Gasteiger partial charge in [-0.15, -0.1) is 0 Å². The van der Waals surface area contributed by atoms with E-state index in [9.17, 15) is 0 Å². The highest BCUT2D eigenvalue weighted by atomic mass is 35.5. The van der Waals surface area contributed by atoms with Crippen molar-refractivity contribution in [3.8, 4) is 23.1 Å². The van der Waals surface area contributed by atoms with Gasteiger partial charge in [0.1, 0.15) is 5.69 Å². The fourth-order valence-corrected chi connectivity index (χ4v) is 3.61. The normalized spacial score (nSPS) is 14.9. The first-order chi connectivity index (χ1) is 12.3. The van der Waals surface area contributed by atoms with Crippen LogP contribution in [0.2, 0.25) is 5.02 Å². The van der Waals surface area contributed by atoms with Gasteiger partial charge in [-0.1, -0.05) is 73.2 Å². The number of pyridine rings is 1. The van der Waals surface area contributed by atoms with Gasteiger partial charge < -0.3 is 0 Å². The second kappa shape index (κ2) is 7.30. The Morgan fingerprint density at radius 2 is 1.68 bits per heavy atom. The van der Waals surface area contributed by atoms with E-state index in [2.05, 4.69) is 42.2 Å². The zero-order chi connectivity index (χ0) is 17.1. The average molecular weight is 346 g/mol. The summed E-state index contributed by atoms with van der Waals surface area (Å²) in [6, 6.07) is 18.3. The fourth-order valence-electron chi connectivity index (χ4n) is 3.48. The van der Waals surface area contributed by atoms with Crippen molar-refractivity contribution >= 4 is 22.4 Å². The predicted octanol–water partition coefficient (Wildman–Crippen LogP) is 6.49. The average Bonchev–Trinajstić information content (AvgIpc) is 2.67. The van der Waals surface area contributed by atoms with E-state index < -0.39 is 0 Å². The minimum Gasteiger partial charge on any atom is -0.239 e. The molecule has 1 saturated carbocycles. The Morgan fingerprint density at radius 1 is 0.920 bits per heavy atom. The van der Waals surface area contributed by atoms with Crippen molar-refractivity contribution in [1.82, 2.24) is 4.98 Å². The van der Waals surface area contributed by atoms with Crippen LogP contribution < -0.4 is 0 Å². The molecule has 3 aromatic rings. The van der Waals surface area contributed by atoms with Crippen LogP contribution >= 0.6 is 11.6 Å². The smallest absolute Gasteiger partial charge is 0.121 e. The van der Waals surface area contributed by atoms with Crippen LogP contribution in [0.15, 0.2) is 54.6 Å². The maximum Gasteiger partial charge on any atom is 0.121 e. The Bertz CT molecular complexity index is 941. The summed E-state index contributed by atoms with van der Waals surface area (Å²) in [6.45, 7) is 0. The first-order valence-electron chi connectivity index (χ1n) is 8.97. The van der Waals surface area contributed by atoms with E-state index in [-0.39, 0.29) is 0 Å². The lowest BCUT2D eigenvalue weighted by molar-refractivity contribution is 0.430. The van der Waals surface area contributed by atoms with Crippen LogP contribution in [0.5, 0.6) is 0 Å². The van der Waals surface area contributed by atoms with Crippen LogP contribution in [-0.2, 0) is 0 Å². The lowest BCUT2D eigenvalue weighted by atomic mass is 9.90. The summed E-state index contributed by atoms with van der Waals surface area (Å²) in [5.41, 5.74) is 2.90. The number of benzene rings is 2. The van der Waals surface area contributed by atoms with Crippen LogP contribution in [0.4, 0.5) is 0 Å². The molecule has 1 aromatic heterocycles. The van der Waals surface area contributed by atoms with Crippen molar-refractivity contribution in [2.75, 3.05) is 0 Å². The first kappa shape index (κ1) is 16.2. The zero-order valence-corrected chi connectivity index (χ0v) is 14.9. The predicted molar refractivity (Wildman–Crippen MR) is 106 cm³/mol. The molecule has 0 aliphatic heterocycles. The van der Waals surface area contributed by atoms with Crippen LogP contribution in [-0.4, -0.2) is 4.98 Å². The quantitative estimate of drug-likeness (QED) is 0.459. The van der Waals surface area contributed by atoms with Gasteiger partial charge in [-0.2, -0.15) is 0 Å². The van der Waals surface area contributed by atoms with Gasteiger partial charge in [0.15, 0.2) is 0 Å². The molecular formula is C23H20ClN. The number of hydrogen-bond donors (Lipinski definition) is 0. The van der Waals surface area contributed by atoms with Crippen LogP contribution in [0.25, 0.3) is 22.0 Å². The Morgan fingerprint density at radius 3 is 2.48 bits per heavy atom. The minimum atomic E-state index is 0.522. The SMILES string of the molecule is Clc1ccc(-c2cc3ccccc3c(C#CC3CCCCC3)n2)cc1. The van der Waals surface area contributed by atoms with E-state index in [1.54, 1.807) is 0 Å². The van der Waals surface area contributed by atoms with Crippen molar-refractivity contribution in [2.24, 2.45) is 5.92 Å². The Kier molecular flexibility index (Phi) is 4.72. The highest BCUT2D eigenvalue weighted by molar-refractivity contribution is 6.30. The van der Waals surface area contributed by atoms with Gasteiger partial charge in [0.25, 0.3) is 0 Å².